The first-order valence-corrected chi connectivity index (χ1v) is 8.03. The van der Waals surface area contributed by atoms with Crippen LogP contribution in [0.4, 0.5) is 5.69 Å². The predicted molar refractivity (Wildman–Crippen MR) is 84.0 cm³/mol. The molecule has 1 saturated heterocycles. The largest absolute Gasteiger partial charge is 0.478 e. The minimum absolute atomic E-state index is 0.00470. The van der Waals surface area contributed by atoms with Crippen molar-refractivity contribution in [1.82, 2.24) is 4.90 Å². The van der Waals surface area contributed by atoms with E-state index in [1.165, 1.54) is 19.3 Å². The molecule has 0 unspecified atom stereocenters. The zero-order chi connectivity index (χ0) is 15.5. The number of anilines is 1. The molecule has 22 heavy (non-hydrogen) atoms. The number of carboxylic acids is 1. The molecule has 5 heteroatoms. The third-order valence-electron chi connectivity index (χ3n) is 4.69. The highest BCUT2D eigenvalue weighted by Gasteiger charge is 2.35. The van der Waals surface area contributed by atoms with E-state index in [0.29, 0.717) is 24.7 Å². The zero-order valence-corrected chi connectivity index (χ0v) is 12.6. The molecule has 2 aliphatic rings. The first-order valence-electron chi connectivity index (χ1n) is 8.03. The van der Waals surface area contributed by atoms with Gasteiger partial charge in [0, 0.05) is 24.7 Å². The van der Waals surface area contributed by atoms with Crippen LogP contribution in [0.5, 0.6) is 0 Å². The van der Waals surface area contributed by atoms with Crippen LogP contribution in [0.25, 0.3) is 0 Å². The van der Waals surface area contributed by atoms with Crippen molar-refractivity contribution in [2.75, 3.05) is 11.9 Å². The van der Waals surface area contributed by atoms with Gasteiger partial charge in [0.2, 0.25) is 5.91 Å². The van der Waals surface area contributed by atoms with Crippen molar-refractivity contribution in [3.63, 3.8) is 0 Å². The van der Waals surface area contributed by atoms with Gasteiger partial charge in [0.15, 0.2) is 0 Å². The van der Waals surface area contributed by atoms with Crippen LogP contribution in [-0.2, 0) is 4.79 Å². The number of rotatable bonds is 4. The SMILES string of the molecule is O=C(O)c1ccccc1N[C@H]1CC(=O)N(C2CCCCC2)C1. The van der Waals surface area contributed by atoms with Crippen molar-refractivity contribution in [2.24, 2.45) is 0 Å². The molecular formula is C17H22N2O3. The molecule has 5 nitrogen and oxygen atoms in total. The number of aromatic carboxylic acids is 1. The van der Waals surface area contributed by atoms with Crippen LogP contribution >= 0.6 is 0 Å². The van der Waals surface area contributed by atoms with Gasteiger partial charge in [-0.2, -0.15) is 0 Å². The lowest BCUT2D eigenvalue weighted by atomic mass is 9.94. The number of amides is 1. The van der Waals surface area contributed by atoms with Crippen molar-refractivity contribution in [3.05, 3.63) is 29.8 Å². The summed E-state index contributed by atoms with van der Waals surface area (Å²) in [4.78, 5) is 25.5. The Morgan fingerprint density at radius 2 is 1.91 bits per heavy atom. The maximum absolute atomic E-state index is 12.3. The van der Waals surface area contributed by atoms with Gasteiger partial charge in [0.25, 0.3) is 0 Å². The average molecular weight is 302 g/mol. The van der Waals surface area contributed by atoms with Gasteiger partial charge in [-0.05, 0) is 25.0 Å². The molecule has 1 aromatic carbocycles. The molecule has 0 aromatic heterocycles. The van der Waals surface area contributed by atoms with E-state index in [0.717, 1.165) is 12.8 Å². The Balaban J connectivity index is 1.67. The molecule has 1 aromatic rings. The molecule has 1 aliphatic heterocycles. The fraction of sp³-hybridized carbons (Fsp3) is 0.529. The van der Waals surface area contributed by atoms with Gasteiger partial charge in [-0.25, -0.2) is 4.79 Å². The summed E-state index contributed by atoms with van der Waals surface area (Å²) in [5.41, 5.74) is 0.851. The number of carboxylic acid groups (broad SMARTS) is 1. The molecule has 1 aliphatic carbocycles. The summed E-state index contributed by atoms with van der Waals surface area (Å²) in [6.45, 7) is 0.678. The van der Waals surface area contributed by atoms with Crippen molar-refractivity contribution in [2.45, 2.75) is 50.6 Å². The second-order valence-electron chi connectivity index (χ2n) is 6.23. The third-order valence-corrected chi connectivity index (χ3v) is 4.69. The summed E-state index contributed by atoms with van der Waals surface area (Å²) in [6, 6.07) is 7.24. The number of hydrogen-bond acceptors (Lipinski definition) is 3. The standard InChI is InChI=1S/C17H22N2O3/c20-16-10-12(11-19(16)13-6-2-1-3-7-13)18-15-9-5-4-8-14(15)17(21)22/h4-5,8-9,12-13,18H,1-3,6-7,10-11H2,(H,21,22)/t12-/m0/s1. The van der Waals surface area contributed by atoms with Crippen LogP contribution < -0.4 is 5.32 Å². The van der Waals surface area contributed by atoms with Crippen LogP contribution in [0.15, 0.2) is 24.3 Å². The molecule has 0 radical (unpaired) electrons. The highest BCUT2D eigenvalue weighted by Crippen LogP contribution is 2.28. The molecule has 1 amide bonds. The van der Waals surface area contributed by atoms with Gasteiger partial charge in [-0.1, -0.05) is 31.4 Å². The van der Waals surface area contributed by atoms with Crippen molar-refractivity contribution >= 4 is 17.6 Å². The number of para-hydroxylation sites is 1. The molecular weight excluding hydrogens is 280 g/mol. The second kappa shape index (κ2) is 6.38. The van der Waals surface area contributed by atoms with Crippen LogP contribution in [-0.4, -0.2) is 40.5 Å². The van der Waals surface area contributed by atoms with Gasteiger partial charge in [0.05, 0.1) is 11.6 Å². The molecule has 3 rings (SSSR count). The maximum atomic E-state index is 12.3. The number of hydrogen-bond donors (Lipinski definition) is 2. The van der Waals surface area contributed by atoms with E-state index in [-0.39, 0.29) is 17.5 Å². The normalized spacial score (nSPS) is 22.8. The Hall–Kier alpha value is -2.04. The fourth-order valence-corrected chi connectivity index (χ4v) is 3.59. The van der Waals surface area contributed by atoms with Gasteiger partial charge in [-0.3, -0.25) is 4.79 Å². The number of nitrogens with zero attached hydrogens (tertiary/aromatic N) is 1. The van der Waals surface area contributed by atoms with Crippen LogP contribution in [0.1, 0.15) is 48.9 Å². The van der Waals surface area contributed by atoms with Gasteiger partial charge >= 0.3 is 5.97 Å². The monoisotopic (exact) mass is 302 g/mol. The first kappa shape index (κ1) is 14.9. The number of likely N-dealkylation sites (tertiary alicyclic amines) is 1. The summed E-state index contributed by atoms with van der Waals surface area (Å²) in [7, 11) is 0. The molecule has 2 fully saturated rings. The molecule has 2 N–H and O–H groups in total. The van der Waals surface area contributed by atoms with Gasteiger partial charge in [0.1, 0.15) is 0 Å². The third kappa shape index (κ3) is 3.08. The lowest BCUT2D eigenvalue weighted by Crippen LogP contribution is -2.38. The quantitative estimate of drug-likeness (QED) is 0.897. The molecule has 0 spiro atoms. The Morgan fingerprint density at radius 3 is 2.64 bits per heavy atom. The smallest absolute Gasteiger partial charge is 0.337 e. The lowest BCUT2D eigenvalue weighted by Gasteiger charge is -2.31. The number of benzene rings is 1. The average Bonchev–Trinajstić information content (AvgIpc) is 2.89. The maximum Gasteiger partial charge on any atom is 0.337 e. The van der Waals surface area contributed by atoms with Crippen LogP contribution in [0, 0.1) is 0 Å². The van der Waals surface area contributed by atoms with E-state index in [9.17, 15) is 14.7 Å². The summed E-state index contributed by atoms with van der Waals surface area (Å²) >= 11 is 0. The van der Waals surface area contributed by atoms with Crippen molar-refractivity contribution in [1.29, 1.82) is 0 Å². The zero-order valence-electron chi connectivity index (χ0n) is 12.6. The van der Waals surface area contributed by atoms with E-state index in [4.69, 9.17) is 0 Å². The Kier molecular flexibility index (Phi) is 4.32. The number of nitrogens with one attached hydrogen (secondary N) is 1. The fourth-order valence-electron chi connectivity index (χ4n) is 3.59. The highest BCUT2D eigenvalue weighted by atomic mass is 16.4. The first-order chi connectivity index (χ1) is 10.6. The second-order valence-corrected chi connectivity index (χ2v) is 6.23. The van der Waals surface area contributed by atoms with Crippen molar-refractivity contribution < 1.29 is 14.7 Å². The Morgan fingerprint density at radius 1 is 1.18 bits per heavy atom. The van der Waals surface area contributed by atoms with E-state index in [1.54, 1.807) is 18.2 Å². The van der Waals surface area contributed by atoms with E-state index < -0.39 is 5.97 Å². The molecule has 0 bridgehead atoms. The summed E-state index contributed by atoms with van der Waals surface area (Å²) in [6.07, 6.45) is 6.33. The van der Waals surface area contributed by atoms with E-state index >= 15 is 0 Å². The van der Waals surface area contributed by atoms with E-state index in [1.807, 2.05) is 11.0 Å². The molecule has 118 valence electrons. The number of carbonyl (C=O) groups excluding carboxylic acids is 1. The summed E-state index contributed by atoms with van der Waals surface area (Å²) in [5.74, 6) is -0.756. The van der Waals surface area contributed by atoms with E-state index in [2.05, 4.69) is 5.32 Å². The molecule has 1 heterocycles. The topological polar surface area (TPSA) is 69.6 Å². The molecule has 1 saturated carbocycles. The minimum atomic E-state index is -0.948. The predicted octanol–water partition coefficient (Wildman–Crippen LogP) is 2.73. The summed E-state index contributed by atoms with van der Waals surface area (Å²) < 4.78 is 0. The Labute approximate surface area is 130 Å². The van der Waals surface area contributed by atoms with Crippen LogP contribution in [0.2, 0.25) is 0 Å². The molecule has 1 atom stereocenters. The highest BCUT2D eigenvalue weighted by molar-refractivity contribution is 5.94. The van der Waals surface area contributed by atoms with Crippen molar-refractivity contribution in [3.8, 4) is 0 Å². The van der Waals surface area contributed by atoms with Gasteiger partial charge < -0.3 is 15.3 Å². The lowest BCUT2D eigenvalue weighted by molar-refractivity contribution is -0.130. The van der Waals surface area contributed by atoms with Crippen LogP contribution in [0.3, 0.4) is 0 Å². The Bertz CT molecular complexity index is 567. The van der Waals surface area contributed by atoms with Gasteiger partial charge in [-0.15, -0.1) is 0 Å². The number of carbonyl (C=O) groups is 2. The summed E-state index contributed by atoms with van der Waals surface area (Å²) in [5, 5.41) is 12.5. The minimum Gasteiger partial charge on any atom is -0.478 e.